The van der Waals surface area contributed by atoms with Crippen molar-refractivity contribution >= 4 is 23.5 Å². The van der Waals surface area contributed by atoms with E-state index in [2.05, 4.69) is 15.6 Å². The number of rotatable bonds is 6. The molecule has 28 heavy (non-hydrogen) atoms. The van der Waals surface area contributed by atoms with E-state index in [4.69, 9.17) is 0 Å². The van der Waals surface area contributed by atoms with Gasteiger partial charge in [0.15, 0.2) is 11.6 Å². The third-order valence-electron chi connectivity index (χ3n) is 4.00. The number of amides is 2. The van der Waals surface area contributed by atoms with Gasteiger partial charge in [0.05, 0.1) is 11.1 Å². The number of hydrogen-bond acceptors (Lipinski definition) is 3. The first-order valence-corrected chi connectivity index (χ1v) is 9.65. The number of urea groups is 1. The number of carbonyl (C=O) groups excluding carboxylic acids is 1. The molecule has 1 unspecified atom stereocenters. The maximum atomic E-state index is 13.4. The van der Waals surface area contributed by atoms with Crippen molar-refractivity contribution in [1.82, 2.24) is 10.3 Å². The van der Waals surface area contributed by atoms with Crippen LogP contribution in [0.25, 0.3) is 0 Å². The molecule has 0 saturated carbocycles. The Morgan fingerprint density at radius 1 is 1.07 bits per heavy atom. The third kappa shape index (κ3) is 5.53. The fourth-order valence-corrected chi connectivity index (χ4v) is 3.36. The molecule has 0 aliphatic rings. The number of nitrogens with one attached hydrogen (secondary N) is 2. The van der Waals surface area contributed by atoms with Crippen molar-refractivity contribution in [2.75, 3.05) is 5.32 Å². The molecule has 7 heteroatoms. The van der Waals surface area contributed by atoms with E-state index in [0.717, 1.165) is 28.5 Å². The van der Waals surface area contributed by atoms with Crippen LogP contribution < -0.4 is 10.6 Å². The van der Waals surface area contributed by atoms with Crippen LogP contribution in [0.2, 0.25) is 0 Å². The van der Waals surface area contributed by atoms with Gasteiger partial charge in [-0.15, -0.1) is 11.8 Å². The minimum absolute atomic E-state index is 0.424. The summed E-state index contributed by atoms with van der Waals surface area (Å²) in [7, 11) is 0. The average molecular weight is 399 g/mol. The molecule has 2 amide bonds. The SMILES string of the molecule is CC(NC(=O)Nc1cccc(CSc2ccccn2)c1)c1ccc(F)c(F)c1. The molecule has 0 saturated heterocycles. The van der Waals surface area contributed by atoms with Crippen LogP contribution in [0.4, 0.5) is 19.3 Å². The Hall–Kier alpha value is -2.93. The maximum absolute atomic E-state index is 13.4. The zero-order chi connectivity index (χ0) is 19.9. The van der Waals surface area contributed by atoms with E-state index < -0.39 is 23.7 Å². The normalized spacial score (nSPS) is 11.7. The second-order valence-corrected chi connectivity index (χ2v) is 7.15. The highest BCUT2D eigenvalue weighted by Gasteiger charge is 2.12. The van der Waals surface area contributed by atoms with Crippen molar-refractivity contribution in [3.8, 4) is 0 Å². The second kappa shape index (κ2) is 9.32. The number of carbonyl (C=O) groups is 1. The Labute approximate surface area is 166 Å². The molecule has 2 aromatic carbocycles. The van der Waals surface area contributed by atoms with Crippen LogP contribution in [0.15, 0.2) is 71.9 Å². The molecule has 1 heterocycles. The molecule has 0 radical (unpaired) electrons. The predicted octanol–water partition coefficient (Wildman–Crippen LogP) is 5.53. The van der Waals surface area contributed by atoms with Gasteiger partial charge in [0.2, 0.25) is 0 Å². The second-order valence-electron chi connectivity index (χ2n) is 6.15. The molecule has 0 fully saturated rings. The lowest BCUT2D eigenvalue weighted by Gasteiger charge is -2.15. The summed E-state index contributed by atoms with van der Waals surface area (Å²) in [6.07, 6.45) is 1.75. The van der Waals surface area contributed by atoms with Gasteiger partial charge in [0.25, 0.3) is 0 Å². The highest BCUT2D eigenvalue weighted by atomic mass is 32.2. The highest BCUT2D eigenvalue weighted by molar-refractivity contribution is 7.98. The van der Waals surface area contributed by atoms with Gasteiger partial charge in [-0.1, -0.05) is 24.3 Å². The van der Waals surface area contributed by atoms with Gasteiger partial charge in [-0.05, 0) is 54.4 Å². The summed E-state index contributed by atoms with van der Waals surface area (Å²) in [4.78, 5) is 16.5. The average Bonchev–Trinajstić information content (AvgIpc) is 2.69. The first kappa shape index (κ1) is 19.8. The van der Waals surface area contributed by atoms with Gasteiger partial charge in [0.1, 0.15) is 0 Å². The Morgan fingerprint density at radius 3 is 2.68 bits per heavy atom. The lowest BCUT2D eigenvalue weighted by atomic mass is 10.1. The number of benzene rings is 2. The van der Waals surface area contributed by atoms with Gasteiger partial charge >= 0.3 is 6.03 Å². The summed E-state index contributed by atoms with van der Waals surface area (Å²) in [5.74, 6) is -1.13. The number of nitrogens with zero attached hydrogens (tertiary/aromatic N) is 1. The maximum Gasteiger partial charge on any atom is 0.319 e. The van der Waals surface area contributed by atoms with Crippen molar-refractivity contribution in [2.24, 2.45) is 0 Å². The Morgan fingerprint density at radius 2 is 1.93 bits per heavy atom. The number of hydrogen-bond donors (Lipinski definition) is 2. The van der Waals surface area contributed by atoms with Crippen molar-refractivity contribution in [3.05, 3.63) is 89.6 Å². The van der Waals surface area contributed by atoms with Crippen LogP contribution in [0, 0.1) is 11.6 Å². The van der Waals surface area contributed by atoms with E-state index >= 15 is 0 Å². The quantitative estimate of drug-likeness (QED) is 0.536. The zero-order valence-corrected chi connectivity index (χ0v) is 16.0. The van der Waals surface area contributed by atoms with Crippen molar-refractivity contribution in [2.45, 2.75) is 23.7 Å². The van der Waals surface area contributed by atoms with Gasteiger partial charge in [-0.3, -0.25) is 0 Å². The minimum Gasteiger partial charge on any atom is -0.331 e. The van der Waals surface area contributed by atoms with E-state index in [-0.39, 0.29) is 0 Å². The molecular weight excluding hydrogens is 380 g/mol. The molecule has 2 N–H and O–H groups in total. The Balaban J connectivity index is 1.57. The van der Waals surface area contributed by atoms with Gasteiger partial charge in [-0.2, -0.15) is 0 Å². The van der Waals surface area contributed by atoms with E-state index in [1.165, 1.54) is 6.07 Å². The van der Waals surface area contributed by atoms with E-state index in [1.54, 1.807) is 30.9 Å². The number of aromatic nitrogens is 1. The van der Waals surface area contributed by atoms with Crippen molar-refractivity contribution in [3.63, 3.8) is 0 Å². The number of pyridine rings is 1. The first-order valence-electron chi connectivity index (χ1n) is 8.66. The molecule has 1 atom stereocenters. The van der Waals surface area contributed by atoms with E-state index in [0.29, 0.717) is 11.3 Å². The van der Waals surface area contributed by atoms with Crippen LogP contribution in [0.1, 0.15) is 24.1 Å². The number of thioether (sulfide) groups is 1. The smallest absolute Gasteiger partial charge is 0.319 e. The summed E-state index contributed by atoms with van der Waals surface area (Å²) >= 11 is 1.61. The lowest BCUT2D eigenvalue weighted by molar-refractivity contribution is 0.249. The standard InChI is InChI=1S/C21H19F2N3OS/c1-14(16-8-9-18(22)19(23)12-16)25-21(27)26-17-6-4-5-15(11-17)13-28-20-7-2-3-10-24-20/h2-12,14H,13H2,1H3,(H2,25,26,27). The van der Waals surface area contributed by atoms with E-state index in [1.807, 2.05) is 36.4 Å². The summed E-state index contributed by atoms with van der Waals surface area (Å²) < 4.78 is 26.4. The van der Waals surface area contributed by atoms with Gasteiger partial charge < -0.3 is 10.6 Å². The molecule has 4 nitrogen and oxygen atoms in total. The summed E-state index contributed by atoms with van der Waals surface area (Å²) in [6.45, 7) is 1.70. The van der Waals surface area contributed by atoms with Crippen LogP contribution in [0.5, 0.6) is 0 Å². The fraction of sp³-hybridized carbons (Fsp3) is 0.143. The Kier molecular flexibility index (Phi) is 6.60. The summed E-state index contributed by atoms with van der Waals surface area (Å²) in [5, 5.41) is 6.41. The molecule has 0 bridgehead atoms. The number of anilines is 1. The number of halogens is 2. The molecule has 1 aromatic heterocycles. The molecule has 0 aliphatic heterocycles. The van der Waals surface area contributed by atoms with Gasteiger partial charge in [-0.25, -0.2) is 18.6 Å². The molecule has 3 rings (SSSR count). The zero-order valence-electron chi connectivity index (χ0n) is 15.2. The van der Waals surface area contributed by atoms with Crippen LogP contribution >= 0.6 is 11.8 Å². The van der Waals surface area contributed by atoms with Gasteiger partial charge in [0, 0.05) is 17.6 Å². The molecular formula is C21H19F2N3OS. The Bertz CT molecular complexity index is 953. The van der Waals surface area contributed by atoms with Crippen molar-refractivity contribution < 1.29 is 13.6 Å². The molecule has 0 aliphatic carbocycles. The monoisotopic (exact) mass is 399 g/mol. The molecule has 0 spiro atoms. The summed E-state index contributed by atoms with van der Waals surface area (Å²) in [5.41, 5.74) is 2.17. The summed E-state index contributed by atoms with van der Waals surface area (Å²) in [6, 6.07) is 15.9. The van der Waals surface area contributed by atoms with Crippen LogP contribution in [-0.2, 0) is 5.75 Å². The largest absolute Gasteiger partial charge is 0.331 e. The van der Waals surface area contributed by atoms with Crippen LogP contribution in [0.3, 0.4) is 0 Å². The third-order valence-corrected chi connectivity index (χ3v) is 5.02. The lowest BCUT2D eigenvalue weighted by Crippen LogP contribution is -2.31. The molecule has 3 aromatic rings. The highest BCUT2D eigenvalue weighted by Crippen LogP contribution is 2.22. The minimum atomic E-state index is -0.940. The topological polar surface area (TPSA) is 54.0 Å². The molecule has 144 valence electrons. The first-order chi connectivity index (χ1) is 13.5. The fourth-order valence-electron chi connectivity index (χ4n) is 2.56. The van der Waals surface area contributed by atoms with Crippen molar-refractivity contribution in [1.29, 1.82) is 0 Å². The van der Waals surface area contributed by atoms with E-state index in [9.17, 15) is 13.6 Å². The van der Waals surface area contributed by atoms with Crippen LogP contribution in [-0.4, -0.2) is 11.0 Å². The predicted molar refractivity (Wildman–Crippen MR) is 107 cm³/mol.